The second kappa shape index (κ2) is 8.86. The third-order valence-electron chi connectivity index (χ3n) is 3.81. The molecule has 0 radical (unpaired) electrons. The Kier molecular flexibility index (Phi) is 7.48. The molecular weight excluding hydrogens is 304 g/mol. The van der Waals surface area contributed by atoms with Gasteiger partial charge in [0.05, 0.1) is 20.1 Å². The van der Waals surface area contributed by atoms with Crippen molar-refractivity contribution >= 4 is 18.3 Å². The number of halogens is 1. The lowest BCUT2D eigenvalue weighted by Crippen LogP contribution is -2.51. The van der Waals surface area contributed by atoms with Crippen molar-refractivity contribution < 1.29 is 14.3 Å². The summed E-state index contributed by atoms with van der Waals surface area (Å²) >= 11 is 0. The number of hydrogen-bond acceptors (Lipinski definition) is 4. The summed E-state index contributed by atoms with van der Waals surface area (Å²) in [4.78, 5) is 11.8. The van der Waals surface area contributed by atoms with E-state index in [1.165, 1.54) is 5.56 Å². The van der Waals surface area contributed by atoms with Crippen molar-refractivity contribution in [2.45, 2.75) is 13.3 Å². The van der Waals surface area contributed by atoms with Crippen LogP contribution in [0, 0.1) is 11.8 Å². The molecule has 0 bridgehead atoms. The molecule has 0 saturated carbocycles. The van der Waals surface area contributed by atoms with E-state index in [4.69, 9.17) is 9.47 Å². The standard InChI is InChI=1S/C16H24N2O3.ClH/c1-11(8-18-16(19)13-9-17-10-13)6-12-4-5-14(20-2)15(7-12)21-3;/h4-5,7,11,13,17H,6,8-10H2,1-3H3,(H,18,19);1H. The zero-order valence-electron chi connectivity index (χ0n) is 13.3. The number of nitrogens with one attached hydrogen (secondary N) is 2. The minimum atomic E-state index is 0. The van der Waals surface area contributed by atoms with Crippen molar-refractivity contribution in [3.8, 4) is 11.5 Å². The maximum absolute atomic E-state index is 11.8. The van der Waals surface area contributed by atoms with Crippen LogP contribution < -0.4 is 20.1 Å². The summed E-state index contributed by atoms with van der Waals surface area (Å²) in [5, 5.41) is 6.13. The van der Waals surface area contributed by atoms with Gasteiger partial charge in [-0.15, -0.1) is 12.4 Å². The Hall–Kier alpha value is -1.46. The van der Waals surface area contributed by atoms with Crippen molar-refractivity contribution in [1.82, 2.24) is 10.6 Å². The maximum atomic E-state index is 11.8. The number of hydrogen-bond donors (Lipinski definition) is 2. The molecule has 5 nitrogen and oxygen atoms in total. The van der Waals surface area contributed by atoms with E-state index >= 15 is 0 Å². The lowest BCUT2D eigenvalue weighted by atomic mass is 9.99. The second-order valence-corrected chi connectivity index (χ2v) is 5.60. The fraction of sp³-hybridized carbons (Fsp3) is 0.562. The fourth-order valence-electron chi connectivity index (χ4n) is 2.38. The average Bonchev–Trinajstić information content (AvgIpc) is 2.43. The van der Waals surface area contributed by atoms with E-state index in [9.17, 15) is 4.79 Å². The molecule has 0 aliphatic carbocycles. The molecule has 2 rings (SSSR count). The lowest BCUT2D eigenvalue weighted by molar-refractivity contribution is -0.126. The van der Waals surface area contributed by atoms with E-state index in [1.807, 2.05) is 18.2 Å². The molecule has 1 amide bonds. The van der Waals surface area contributed by atoms with E-state index in [0.717, 1.165) is 31.0 Å². The van der Waals surface area contributed by atoms with Crippen molar-refractivity contribution in [2.75, 3.05) is 33.9 Å². The fourth-order valence-corrected chi connectivity index (χ4v) is 2.38. The van der Waals surface area contributed by atoms with Gasteiger partial charge in [0.25, 0.3) is 0 Å². The number of amides is 1. The largest absolute Gasteiger partial charge is 0.493 e. The Morgan fingerprint density at radius 2 is 2.00 bits per heavy atom. The van der Waals surface area contributed by atoms with Gasteiger partial charge in [0.1, 0.15) is 0 Å². The molecule has 22 heavy (non-hydrogen) atoms. The first-order valence-electron chi connectivity index (χ1n) is 7.33. The van der Waals surface area contributed by atoms with Gasteiger partial charge in [-0.3, -0.25) is 4.79 Å². The average molecular weight is 329 g/mol. The van der Waals surface area contributed by atoms with Crippen LogP contribution in [-0.2, 0) is 11.2 Å². The highest BCUT2D eigenvalue weighted by atomic mass is 35.5. The molecule has 1 aliphatic rings. The van der Waals surface area contributed by atoms with Crippen LogP contribution >= 0.6 is 12.4 Å². The van der Waals surface area contributed by atoms with Gasteiger partial charge in [0, 0.05) is 19.6 Å². The monoisotopic (exact) mass is 328 g/mol. The van der Waals surface area contributed by atoms with Gasteiger partial charge in [-0.05, 0) is 30.0 Å². The molecule has 2 N–H and O–H groups in total. The molecule has 6 heteroatoms. The zero-order chi connectivity index (χ0) is 15.2. The molecule has 1 saturated heterocycles. The maximum Gasteiger partial charge on any atom is 0.225 e. The van der Waals surface area contributed by atoms with E-state index in [-0.39, 0.29) is 24.2 Å². The van der Waals surface area contributed by atoms with Gasteiger partial charge in [-0.1, -0.05) is 13.0 Å². The Bertz CT molecular complexity index is 492. The van der Waals surface area contributed by atoms with Crippen molar-refractivity contribution in [3.63, 3.8) is 0 Å². The molecule has 1 unspecified atom stereocenters. The van der Waals surface area contributed by atoms with Gasteiger partial charge < -0.3 is 20.1 Å². The summed E-state index contributed by atoms with van der Waals surface area (Å²) in [5.74, 6) is 2.16. The van der Waals surface area contributed by atoms with Crippen molar-refractivity contribution in [3.05, 3.63) is 23.8 Å². The molecule has 1 aromatic rings. The van der Waals surface area contributed by atoms with Crippen LogP contribution in [0.15, 0.2) is 18.2 Å². The highest BCUT2D eigenvalue weighted by Crippen LogP contribution is 2.28. The Labute approximate surface area is 138 Å². The van der Waals surface area contributed by atoms with E-state index in [0.29, 0.717) is 12.5 Å². The Morgan fingerprint density at radius 3 is 2.55 bits per heavy atom. The van der Waals surface area contributed by atoms with Gasteiger partial charge in [0.15, 0.2) is 11.5 Å². The third-order valence-corrected chi connectivity index (χ3v) is 3.81. The quantitative estimate of drug-likeness (QED) is 0.799. The SMILES string of the molecule is COc1ccc(CC(C)CNC(=O)C2CNC2)cc1OC.Cl. The molecule has 1 atom stereocenters. The van der Waals surface area contributed by atoms with Gasteiger partial charge in [-0.2, -0.15) is 0 Å². The number of carbonyl (C=O) groups excluding carboxylic acids is 1. The number of ether oxygens (including phenoxy) is 2. The summed E-state index contributed by atoms with van der Waals surface area (Å²) in [5.41, 5.74) is 1.18. The van der Waals surface area contributed by atoms with Gasteiger partial charge >= 0.3 is 0 Å². The van der Waals surface area contributed by atoms with Crippen LogP contribution in [0.4, 0.5) is 0 Å². The summed E-state index contributed by atoms with van der Waals surface area (Å²) in [6, 6.07) is 5.95. The van der Waals surface area contributed by atoms with Gasteiger partial charge in [-0.25, -0.2) is 0 Å². The van der Waals surface area contributed by atoms with Crippen LogP contribution in [0.3, 0.4) is 0 Å². The Morgan fingerprint density at radius 1 is 1.32 bits per heavy atom. The van der Waals surface area contributed by atoms with Crippen molar-refractivity contribution in [2.24, 2.45) is 11.8 Å². The van der Waals surface area contributed by atoms with E-state index in [2.05, 4.69) is 17.6 Å². The summed E-state index contributed by atoms with van der Waals surface area (Å²) < 4.78 is 10.5. The lowest BCUT2D eigenvalue weighted by Gasteiger charge is -2.26. The van der Waals surface area contributed by atoms with E-state index in [1.54, 1.807) is 14.2 Å². The highest BCUT2D eigenvalue weighted by Gasteiger charge is 2.24. The summed E-state index contributed by atoms with van der Waals surface area (Å²) in [6.07, 6.45) is 0.892. The Balaban J connectivity index is 0.00000242. The van der Waals surface area contributed by atoms with E-state index < -0.39 is 0 Å². The highest BCUT2D eigenvalue weighted by molar-refractivity contribution is 5.85. The van der Waals surface area contributed by atoms with Crippen molar-refractivity contribution in [1.29, 1.82) is 0 Å². The molecule has 1 aliphatic heterocycles. The van der Waals surface area contributed by atoms with Crippen LogP contribution in [0.1, 0.15) is 12.5 Å². The third kappa shape index (κ3) is 4.78. The smallest absolute Gasteiger partial charge is 0.225 e. The second-order valence-electron chi connectivity index (χ2n) is 5.60. The first-order valence-corrected chi connectivity index (χ1v) is 7.33. The predicted molar refractivity (Wildman–Crippen MR) is 89.0 cm³/mol. The number of carbonyl (C=O) groups is 1. The molecule has 1 fully saturated rings. The first-order chi connectivity index (χ1) is 10.1. The number of rotatable bonds is 7. The molecular formula is C16H25ClN2O3. The predicted octanol–water partition coefficient (Wildman–Crippen LogP) is 1.64. The zero-order valence-corrected chi connectivity index (χ0v) is 14.2. The molecule has 0 spiro atoms. The molecule has 0 aromatic heterocycles. The van der Waals surface area contributed by atoms with Crippen LogP contribution in [0.2, 0.25) is 0 Å². The first kappa shape index (κ1) is 18.6. The normalized spacial score (nSPS) is 15.2. The van der Waals surface area contributed by atoms with Crippen LogP contribution in [0.25, 0.3) is 0 Å². The van der Waals surface area contributed by atoms with Crippen LogP contribution in [0.5, 0.6) is 11.5 Å². The number of benzene rings is 1. The van der Waals surface area contributed by atoms with Crippen LogP contribution in [-0.4, -0.2) is 39.8 Å². The minimum Gasteiger partial charge on any atom is -0.493 e. The number of methoxy groups -OCH3 is 2. The molecule has 124 valence electrons. The summed E-state index contributed by atoms with van der Waals surface area (Å²) in [6.45, 7) is 4.44. The molecule has 1 heterocycles. The summed E-state index contributed by atoms with van der Waals surface area (Å²) in [7, 11) is 3.27. The van der Waals surface area contributed by atoms with Gasteiger partial charge in [0.2, 0.25) is 5.91 Å². The minimum absolute atomic E-state index is 0. The topological polar surface area (TPSA) is 59.6 Å². The molecule has 1 aromatic carbocycles.